The Bertz CT molecular complexity index is 1060. The number of carbonyl (C=O) groups excluding carboxylic acids is 1. The van der Waals surface area contributed by atoms with Gasteiger partial charge in [-0.05, 0) is 42.8 Å². The summed E-state index contributed by atoms with van der Waals surface area (Å²) in [6.07, 6.45) is 1.99. The lowest BCUT2D eigenvalue weighted by Crippen LogP contribution is -2.12. The third kappa shape index (κ3) is 5.07. The molecule has 0 radical (unpaired) electrons. The second-order valence-corrected chi connectivity index (χ2v) is 8.17. The van der Waals surface area contributed by atoms with Gasteiger partial charge < -0.3 is 14.5 Å². The molecule has 0 unspecified atom stereocenters. The summed E-state index contributed by atoms with van der Waals surface area (Å²) >= 11 is 0. The van der Waals surface area contributed by atoms with Gasteiger partial charge in [0.2, 0.25) is 5.91 Å². The van der Waals surface area contributed by atoms with Crippen LogP contribution in [0.25, 0.3) is 11.1 Å². The van der Waals surface area contributed by atoms with Gasteiger partial charge in [0, 0.05) is 31.4 Å². The highest BCUT2D eigenvalue weighted by molar-refractivity contribution is 7.90. The largest absolute Gasteiger partial charge is 0.494 e. The lowest BCUT2D eigenvalue weighted by Gasteiger charge is -2.07. The number of carbonyl (C=O) groups is 1. The van der Waals surface area contributed by atoms with Crippen molar-refractivity contribution in [1.29, 1.82) is 0 Å². The van der Waals surface area contributed by atoms with Crippen molar-refractivity contribution in [3.63, 3.8) is 0 Å². The number of oxazole rings is 1. The van der Waals surface area contributed by atoms with Crippen LogP contribution in [-0.2, 0) is 14.6 Å². The lowest BCUT2D eigenvalue weighted by atomic mass is 10.2. The van der Waals surface area contributed by atoms with Crippen molar-refractivity contribution in [2.45, 2.75) is 24.7 Å². The maximum absolute atomic E-state index is 12.0. The zero-order valence-electron chi connectivity index (χ0n) is 15.1. The van der Waals surface area contributed by atoms with Crippen LogP contribution in [0.3, 0.4) is 0 Å². The van der Waals surface area contributed by atoms with E-state index in [2.05, 4.69) is 10.3 Å². The molecule has 0 saturated heterocycles. The molecule has 0 aliphatic heterocycles. The van der Waals surface area contributed by atoms with Gasteiger partial charge >= 0.3 is 0 Å². The van der Waals surface area contributed by atoms with Crippen LogP contribution in [0.5, 0.6) is 5.75 Å². The molecule has 0 spiro atoms. The number of fused-ring (bicyclic) bond motifs is 1. The van der Waals surface area contributed by atoms with Gasteiger partial charge in [0.1, 0.15) is 11.3 Å². The van der Waals surface area contributed by atoms with Gasteiger partial charge in [-0.3, -0.25) is 4.79 Å². The van der Waals surface area contributed by atoms with Crippen LogP contribution in [-0.4, -0.2) is 32.2 Å². The third-order valence-electron chi connectivity index (χ3n) is 3.85. The standard InChI is InChI=1S/C19H20N2O5S/c1-13-20-17-10-5-14(12-18(17)26-13)21-19(22)4-3-11-25-15-6-8-16(9-7-15)27(2,23)24/h5-10,12H,3-4,11H2,1-2H3,(H,21,22). The number of ether oxygens (including phenoxy) is 1. The smallest absolute Gasteiger partial charge is 0.224 e. The summed E-state index contributed by atoms with van der Waals surface area (Å²) in [5.74, 6) is 1.02. The van der Waals surface area contributed by atoms with Gasteiger partial charge in [-0.2, -0.15) is 0 Å². The minimum absolute atomic E-state index is 0.124. The first-order valence-electron chi connectivity index (χ1n) is 8.41. The van der Waals surface area contributed by atoms with Gasteiger partial charge in [-0.25, -0.2) is 13.4 Å². The highest BCUT2D eigenvalue weighted by Gasteiger charge is 2.08. The zero-order valence-corrected chi connectivity index (χ0v) is 15.9. The van der Waals surface area contributed by atoms with E-state index in [1.54, 1.807) is 37.3 Å². The third-order valence-corrected chi connectivity index (χ3v) is 4.98. The Morgan fingerprint density at radius 3 is 2.63 bits per heavy atom. The van der Waals surface area contributed by atoms with Crippen LogP contribution in [0.4, 0.5) is 5.69 Å². The van der Waals surface area contributed by atoms with E-state index in [4.69, 9.17) is 9.15 Å². The van der Waals surface area contributed by atoms with E-state index in [9.17, 15) is 13.2 Å². The molecule has 0 atom stereocenters. The fourth-order valence-electron chi connectivity index (χ4n) is 2.55. The number of hydrogen-bond donors (Lipinski definition) is 1. The molecule has 3 aromatic rings. The Labute approximate surface area is 157 Å². The van der Waals surface area contributed by atoms with Gasteiger partial charge in [-0.15, -0.1) is 0 Å². The number of nitrogens with zero attached hydrogens (tertiary/aromatic N) is 1. The monoisotopic (exact) mass is 388 g/mol. The molecule has 0 saturated carbocycles. The molecule has 2 aromatic carbocycles. The molecule has 8 heteroatoms. The number of nitrogens with one attached hydrogen (secondary N) is 1. The Morgan fingerprint density at radius 2 is 1.93 bits per heavy atom. The van der Waals surface area contributed by atoms with Crippen LogP contribution >= 0.6 is 0 Å². The number of hydrogen-bond acceptors (Lipinski definition) is 6. The molecule has 1 amide bonds. The molecule has 0 bridgehead atoms. The van der Waals surface area contributed by atoms with Crippen molar-refractivity contribution < 1.29 is 22.4 Å². The van der Waals surface area contributed by atoms with Crippen LogP contribution in [0.15, 0.2) is 51.8 Å². The van der Waals surface area contributed by atoms with Gasteiger partial charge in [0.25, 0.3) is 0 Å². The van der Waals surface area contributed by atoms with Gasteiger partial charge in [0.15, 0.2) is 21.3 Å². The fourth-order valence-corrected chi connectivity index (χ4v) is 3.18. The van der Waals surface area contributed by atoms with E-state index >= 15 is 0 Å². The zero-order chi connectivity index (χ0) is 19.4. The van der Waals surface area contributed by atoms with Crippen molar-refractivity contribution >= 4 is 32.5 Å². The maximum Gasteiger partial charge on any atom is 0.224 e. The first-order valence-corrected chi connectivity index (χ1v) is 10.3. The van der Waals surface area contributed by atoms with E-state index in [0.29, 0.717) is 42.4 Å². The topological polar surface area (TPSA) is 98.5 Å². The Balaban J connectivity index is 1.45. The fraction of sp³-hybridized carbons (Fsp3) is 0.263. The molecule has 7 nitrogen and oxygen atoms in total. The molecule has 0 fully saturated rings. The number of anilines is 1. The molecule has 1 aromatic heterocycles. The Morgan fingerprint density at radius 1 is 1.19 bits per heavy atom. The average molecular weight is 388 g/mol. The first kappa shape index (κ1) is 18.9. The Hall–Kier alpha value is -2.87. The van der Waals surface area contributed by atoms with Crippen molar-refractivity contribution in [2.24, 2.45) is 0 Å². The molecule has 3 rings (SSSR count). The van der Waals surface area contributed by atoms with E-state index < -0.39 is 9.84 Å². The number of aromatic nitrogens is 1. The molecular weight excluding hydrogens is 368 g/mol. The van der Waals surface area contributed by atoms with E-state index in [1.807, 2.05) is 0 Å². The quantitative estimate of drug-likeness (QED) is 0.623. The molecule has 1 heterocycles. The predicted molar refractivity (Wildman–Crippen MR) is 102 cm³/mol. The van der Waals surface area contributed by atoms with E-state index in [-0.39, 0.29) is 10.8 Å². The van der Waals surface area contributed by atoms with Crippen molar-refractivity contribution in [2.75, 3.05) is 18.2 Å². The predicted octanol–water partition coefficient (Wildman–Crippen LogP) is 3.34. The minimum atomic E-state index is -3.22. The summed E-state index contributed by atoms with van der Waals surface area (Å²) in [4.78, 5) is 16.5. The number of benzene rings is 2. The molecule has 27 heavy (non-hydrogen) atoms. The average Bonchev–Trinajstić information content (AvgIpc) is 2.97. The van der Waals surface area contributed by atoms with Crippen molar-refractivity contribution in [3.8, 4) is 5.75 Å². The lowest BCUT2D eigenvalue weighted by molar-refractivity contribution is -0.116. The highest BCUT2D eigenvalue weighted by Crippen LogP contribution is 2.20. The summed E-state index contributed by atoms with van der Waals surface area (Å²) in [5.41, 5.74) is 2.04. The van der Waals surface area contributed by atoms with E-state index in [0.717, 1.165) is 11.8 Å². The van der Waals surface area contributed by atoms with Crippen LogP contribution < -0.4 is 10.1 Å². The van der Waals surface area contributed by atoms with Crippen molar-refractivity contribution in [3.05, 3.63) is 48.4 Å². The summed E-state index contributed by atoms with van der Waals surface area (Å²) < 4.78 is 33.8. The van der Waals surface area contributed by atoms with Crippen LogP contribution in [0.2, 0.25) is 0 Å². The van der Waals surface area contributed by atoms with Crippen LogP contribution in [0.1, 0.15) is 18.7 Å². The number of rotatable bonds is 7. The van der Waals surface area contributed by atoms with Crippen molar-refractivity contribution in [1.82, 2.24) is 4.98 Å². The highest BCUT2D eigenvalue weighted by atomic mass is 32.2. The number of sulfone groups is 1. The minimum Gasteiger partial charge on any atom is -0.494 e. The molecular formula is C19H20N2O5S. The summed E-state index contributed by atoms with van der Waals surface area (Å²) in [7, 11) is -3.22. The number of amides is 1. The van der Waals surface area contributed by atoms with Gasteiger partial charge in [0.05, 0.1) is 11.5 Å². The molecule has 0 aliphatic rings. The maximum atomic E-state index is 12.0. The molecule has 0 aliphatic carbocycles. The summed E-state index contributed by atoms with van der Waals surface area (Å²) in [6.45, 7) is 2.12. The molecule has 1 N–H and O–H groups in total. The SMILES string of the molecule is Cc1nc2ccc(NC(=O)CCCOc3ccc(S(C)(=O)=O)cc3)cc2o1. The van der Waals surface area contributed by atoms with Gasteiger partial charge in [-0.1, -0.05) is 0 Å². The van der Waals surface area contributed by atoms with E-state index in [1.165, 1.54) is 12.1 Å². The first-order chi connectivity index (χ1) is 12.8. The Kier molecular flexibility index (Phi) is 5.46. The number of aryl methyl sites for hydroxylation is 1. The second kappa shape index (κ2) is 7.79. The second-order valence-electron chi connectivity index (χ2n) is 6.16. The molecule has 142 valence electrons. The van der Waals surface area contributed by atoms with Crippen LogP contribution in [0, 0.1) is 6.92 Å². The summed E-state index contributed by atoms with van der Waals surface area (Å²) in [5, 5.41) is 2.82. The normalized spacial score (nSPS) is 11.5. The summed E-state index contributed by atoms with van der Waals surface area (Å²) in [6, 6.07) is 11.5.